The van der Waals surface area contributed by atoms with Crippen LogP contribution in [0.15, 0.2) is 18.2 Å². The maximum absolute atomic E-state index is 13.0. The van der Waals surface area contributed by atoms with E-state index in [0.29, 0.717) is 24.3 Å². The van der Waals surface area contributed by atoms with E-state index < -0.39 is 17.7 Å². The Morgan fingerprint density at radius 2 is 2.00 bits per heavy atom. The summed E-state index contributed by atoms with van der Waals surface area (Å²) in [5.41, 5.74) is 0.527. The molecule has 5 heteroatoms. The number of carbonyl (C=O) groups is 1. The average molecular weight is 354 g/mol. The molecule has 26 heavy (non-hydrogen) atoms. The maximum Gasteiger partial charge on any atom is 0.223 e. The van der Waals surface area contributed by atoms with E-state index in [4.69, 9.17) is 4.74 Å². The van der Waals surface area contributed by atoms with E-state index in [-0.39, 0.29) is 11.3 Å². The van der Waals surface area contributed by atoms with Gasteiger partial charge in [0.2, 0.25) is 5.91 Å². The monoisotopic (exact) mass is 354 g/mol. The van der Waals surface area contributed by atoms with Gasteiger partial charge in [0.1, 0.15) is 17.5 Å². The van der Waals surface area contributed by atoms with Gasteiger partial charge in [-0.25, -0.2) is 0 Å². The molecule has 1 N–H and O–H groups in total. The standard InChI is InChI=1S/C21H26N2O3/c1-20(2)19(25)18(15-10-14(12-22)6-7-16(15)26-20)23-13-21(11-17(23)24)8-4-3-5-9-21/h6-7,10,18-19,25H,3-5,8-9,11,13H2,1-2H3/t18-,19+/m1/s1. The zero-order valence-electron chi connectivity index (χ0n) is 15.5. The van der Waals surface area contributed by atoms with E-state index in [0.717, 1.165) is 18.4 Å². The van der Waals surface area contributed by atoms with Gasteiger partial charge in [0.05, 0.1) is 17.7 Å². The van der Waals surface area contributed by atoms with Gasteiger partial charge in [0.15, 0.2) is 0 Å². The van der Waals surface area contributed by atoms with Gasteiger partial charge in [-0.3, -0.25) is 4.79 Å². The summed E-state index contributed by atoms with van der Waals surface area (Å²) in [6.07, 6.45) is 5.51. The van der Waals surface area contributed by atoms with Gasteiger partial charge in [-0.2, -0.15) is 5.26 Å². The maximum atomic E-state index is 13.0. The first-order valence-electron chi connectivity index (χ1n) is 9.56. The average Bonchev–Trinajstić information content (AvgIpc) is 2.91. The molecule has 1 aromatic rings. The number of hydrogen-bond acceptors (Lipinski definition) is 4. The van der Waals surface area contributed by atoms with Crippen LogP contribution in [0.4, 0.5) is 0 Å². The third-order valence-electron chi connectivity index (χ3n) is 6.44. The Morgan fingerprint density at radius 1 is 1.27 bits per heavy atom. The fraction of sp³-hybridized carbons (Fsp3) is 0.619. The van der Waals surface area contributed by atoms with Crippen molar-refractivity contribution in [2.75, 3.05) is 6.54 Å². The largest absolute Gasteiger partial charge is 0.485 e. The number of amides is 1. The molecule has 1 saturated heterocycles. The number of ether oxygens (including phenoxy) is 1. The number of hydrogen-bond donors (Lipinski definition) is 1. The van der Waals surface area contributed by atoms with Crippen molar-refractivity contribution in [2.24, 2.45) is 5.41 Å². The van der Waals surface area contributed by atoms with Crippen LogP contribution in [0.3, 0.4) is 0 Å². The first-order chi connectivity index (χ1) is 12.4. The molecule has 0 unspecified atom stereocenters. The van der Waals surface area contributed by atoms with Crippen LogP contribution in [0.25, 0.3) is 0 Å². The number of benzene rings is 1. The molecule has 2 aliphatic heterocycles. The molecule has 2 fully saturated rings. The molecule has 2 heterocycles. The molecule has 0 radical (unpaired) electrons. The van der Waals surface area contributed by atoms with Gasteiger partial charge >= 0.3 is 0 Å². The van der Waals surface area contributed by atoms with Crippen molar-refractivity contribution in [1.82, 2.24) is 4.90 Å². The number of nitrogens with zero attached hydrogens (tertiary/aromatic N) is 2. The summed E-state index contributed by atoms with van der Waals surface area (Å²) in [4.78, 5) is 14.8. The fourth-order valence-corrected chi connectivity index (χ4v) is 4.99. The van der Waals surface area contributed by atoms with E-state index >= 15 is 0 Å². The van der Waals surface area contributed by atoms with Crippen LogP contribution in [0.5, 0.6) is 5.75 Å². The Labute approximate surface area is 154 Å². The summed E-state index contributed by atoms with van der Waals surface area (Å²) in [5, 5.41) is 20.3. The molecule has 4 rings (SSSR count). The van der Waals surface area contributed by atoms with Crippen LogP contribution in [-0.4, -0.2) is 34.2 Å². The molecule has 1 saturated carbocycles. The van der Waals surface area contributed by atoms with Crippen molar-refractivity contribution in [1.29, 1.82) is 5.26 Å². The zero-order valence-corrected chi connectivity index (χ0v) is 15.5. The topological polar surface area (TPSA) is 73.6 Å². The summed E-state index contributed by atoms with van der Waals surface area (Å²) >= 11 is 0. The highest BCUT2D eigenvalue weighted by Crippen LogP contribution is 2.50. The molecule has 138 valence electrons. The van der Waals surface area contributed by atoms with Crippen molar-refractivity contribution >= 4 is 5.91 Å². The van der Waals surface area contributed by atoms with Gasteiger partial charge in [0, 0.05) is 18.5 Å². The van der Waals surface area contributed by atoms with Gasteiger partial charge in [-0.1, -0.05) is 19.3 Å². The SMILES string of the molecule is CC1(C)Oc2ccc(C#N)cc2[C@@H](N2CC3(CCCCC3)CC2=O)[C@@H]1O. The van der Waals surface area contributed by atoms with Crippen LogP contribution in [-0.2, 0) is 4.79 Å². The Morgan fingerprint density at radius 3 is 2.69 bits per heavy atom. The summed E-state index contributed by atoms with van der Waals surface area (Å²) in [6, 6.07) is 6.95. The number of aliphatic hydroxyl groups excluding tert-OH is 1. The third-order valence-corrected chi connectivity index (χ3v) is 6.44. The number of fused-ring (bicyclic) bond motifs is 1. The van der Waals surface area contributed by atoms with Crippen LogP contribution in [0, 0.1) is 16.7 Å². The number of rotatable bonds is 1. The molecule has 2 atom stereocenters. The van der Waals surface area contributed by atoms with E-state index in [1.807, 2.05) is 18.7 Å². The second-order valence-corrected chi connectivity index (χ2v) is 8.72. The van der Waals surface area contributed by atoms with Crippen LogP contribution in [0.2, 0.25) is 0 Å². The lowest BCUT2D eigenvalue weighted by Crippen LogP contribution is -2.54. The molecule has 1 aliphatic carbocycles. The number of nitriles is 1. The van der Waals surface area contributed by atoms with Crippen LogP contribution < -0.4 is 4.74 Å². The van der Waals surface area contributed by atoms with Crippen LogP contribution in [0.1, 0.15) is 69.5 Å². The lowest BCUT2D eigenvalue weighted by molar-refractivity contribution is -0.139. The molecule has 0 aromatic heterocycles. The molecule has 1 aromatic carbocycles. The van der Waals surface area contributed by atoms with Gasteiger partial charge in [-0.15, -0.1) is 0 Å². The van der Waals surface area contributed by atoms with Crippen molar-refractivity contribution in [3.63, 3.8) is 0 Å². The third kappa shape index (κ3) is 2.68. The summed E-state index contributed by atoms with van der Waals surface area (Å²) in [5.74, 6) is 0.767. The first-order valence-corrected chi connectivity index (χ1v) is 9.56. The van der Waals surface area contributed by atoms with Gasteiger partial charge in [-0.05, 0) is 50.3 Å². The van der Waals surface area contributed by atoms with E-state index in [1.165, 1.54) is 19.3 Å². The number of aliphatic hydroxyl groups is 1. The van der Waals surface area contributed by atoms with Crippen molar-refractivity contribution in [3.05, 3.63) is 29.3 Å². The van der Waals surface area contributed by atoms with E-state index in [9.17, 15) is 15.2 Å². The normalized spacial score (nSPS) is 29.2. The Kier molecular flexibility index (Phi) is 4.00. The minimum absolute atomic E-state index is 0.0600. The molecular formula is C21H26N2O3. The molecular weight excluding hydrogens is 328 g/mol. The smallest absolute Gasteiger partial charge is 0.223 e. The molecule has 1 spiro atoms. The fourth-order valence-electron chi connectivity index (χ4n) is 4.99. The number of carbonyl (C=O) groups excluding carboxylic acids is 1. The number of likely N-dealkylation sites (tertiary alicyclic amines) is 1. The Bertz CT molecular complexity index is 774. The lowest BCUT2D eigenvalue weighted by atomic mass is 9.73. The summed E-state index contributed by atoms with van der Waals surface area (Å²) in [7, 11) is 0. The van der Waals surface area contributed by atoms with Gasteiger partial charge in [0.25, 0.3) is 0 Å². The highest BCUT2D eigenvalue weighted by molar-refractivity contribution is 5.80. The van der Waals surface area contributed by atoms with Crippen molar-refractivity contribution in [3.8, 4) is 11.8 Å². The Balaban J connectivity index is 1.75. The predicted octanol–water partition coefficient (Wildman–Crippen LogP) is 3.31. The second-order valence-electron chi connectivity index (χ2n) is 8.72. The van der Waals surface area contributed by atoms with Crippen molar-refractivity contribution in [2.45, 2.75) is 70.1 Å². The first kappa shape index (κ1) is 17.4. The predicted molar refractivity (Wildman–Crippen MR) is 96.5 cm³/mol. The highest BCUT2D eigenvalue weighted by atomic mass is 16.5. The minimum atomic E-state index is -0.841. The summed E-state index contributed by atoms with van der Waals surface area (Å²) in [6.45, 7) is 4.39. The second kappa shape index (κ2) is 5.99. The summed E-state index contributed by atoms with van der Waals surface area (Å²) < 4.78 is 6.00. The van der Waals surface area contributed by atoms with E-state index in [1.54, 1.807) is 18.2 Å². The zero-order chi connectivity index (χ0) is 18.5. The highest BCUT2D eigenvalue weighted by Gasteiger charge is 2.52. The molecule has 3 aliphatic rings. The van der Waals surface area contributed by atoms with E-state index in [2.05, 4.69) is 6.07 Å². The van der Waals surface area contributed by atoms with Crippen molar-refractivity contribution < 1.29 is 14.6 Å². The Hall–Kier alpha value is -2.06. The molecule has 1 amide bonds. The quantitative estimate of drug-likeness (QED) is 0.840. The minimum Gasteiger partial charge on any atom is -0.485 e. The van der Waals surface area contributed by atoms with Crippen LogP contribution >= 0.6 is 0 Å². The molecule has 5 nitrogen and oxygen atoms in total. The molecule has 0 bridgehead atoms. The lowest BCUT2D eigenvalue weighted by Gasteiger charge is -2.46. The van der Waals surface area contributed by atoms with Gasteiger partial charge < -0.3 is 14.7 Å².